The van der Waals surface area contributed by atoms with E-state index in [4.69, 9.17) is 4.74 Å². The highest BCUT2D eigenvalue weighted by molar-refractivity contribution is 5.94. The summed E-state index contributed by atoms with van der Waals surface area (Å²) in [6, 6.07) is 4.20. The molecule has 0 atom stereocenters. The molecule has 1 N–H and O–H groups in total. The highest BCUT2D eigenvalue weighted by atomic mass is 19.1. The van der Waals surface area contributed by atoms with Crippen molar-refractivity contribution in [2.75, 3.05) is 34.3 Å². The van der Waals surface area contributed by atoms with Gasteiger partial charge in [0.1, 0.15) is 11.6 Å². The first kappa shape index (κ1) is 14.4. The standard InChI is InChI=1S/C13H19FN2O2/c1-16(2)8-4-7-15-13(17)11-6-5-10(18-3)9-12(11)14/h5-6,9H,4,7-8H2,1-3H3,(H,15,17). The molecule has 100 valence electrons. The summed E-state index contributed by atoms with van der Waals surface area (Å²) in [5, 5.41) is 2.69. The predicted octanol–water partition coefficient (Wildman–Crippen LogP) is 1.52. The van der Waals surface area contributed by atoms with Gasteiger partial charge >= 0.3 is 0 Å². The molecule has 0 aliphatic rings. The Morgan fingerprint density at radius 1 is 1.44 bits per heavy atom. The van der Waals surface area contributed by atoms with Gasteiger partial charge in [-0.25, -0.2) is 4.39 Å². The highest BCUT2D eigenvalue weighted by Crippen LogP contribution is 2.15. The van der Waals surface area contributed by atoms with Gasteiger partial charge in [0.05, 0.1) is 12.7 Å². The zero-order valence-electron chi connectivity index (χ0n) is 11.0. The zero-order chi connectivity index (χ0) is 13.5. The number of nitrogens with zero attached hydrogens (tertiary/aromatic N) is 1. The van der Waals surface area contributed by atoms with Crippen LogP contribution in [-0.4, -0.2) is 45.1 Å². The number of benzene rings is 1. The average Bonchev–Trinajstić information content (AvgIpc) is 2.33. The molecule has 0 aliphatic carbocycles. The molecule has 1 amide bonds. The van der Waals surface area contributed by atoms with Crippen LogP contribution >= 0.6 is 0 Å². The second-order valence-electron chi connectivity index (χ2n) is 4.26. The molecule has 0 radical (unpaired) electrons. The number of amides is 1. The smallest absolute Gasteiger partial charge is 0.254 e. The largest absolute Gasteiger partial charge is 0.497 e. The van der Waals surface area contributed by atoms with Gasteiger partial charge in [-0.05, 0) is 39.2 Å². The van der Waals surface area contributed by atoms with Crippen molar-refractivity contribution in [1.82, 2.24) is 10.2 Å². The van der Waals surface area contributed by atoms with Crippen LogP contribution in [0.1, 0.15) is 16.8 Å². The summed E-state index contributed by atoms with van der Waals surface area (Å²) in [6.07, 6.45) is 0.830. The third-order valence-electron chi connectivity index (χ3n) is 2.49. The van der Waals surface area contributed by atoms with E-state index in [0.717, 1.165) is 13.0 Å². The van der Waals surface area contributed by atoms with Gasteiger partial charge in [-0.15, -0.1) is 0 Å². The summed E-state index contributed by atoms with van der Waals surface area (Å²) in [4.78, 5) is 13.7. The van der Waals surface area contributed by atoms with E-state index in [9.17, 15) is 9.18 Å². The molecule has 0 heterocycles. The van der Waals surface area contributed by atoms with Crippen LogP contribution in [0.3, 0.4) is 0 Å². The van der Waals surface area contributed by atoms with Crippen molar-refractivity contribution in [2.24, 2.45) is 0 Å². The number of nitrogens with one attached hydrogen (secondary N) is 1. The Hall–Kier alpha value is -1.62. The second kappa shape index (κ2) is 6.96. The zero-order valence-corrected chi connectivity index (χ0v) is 11.0. The Morgan fingerprint density at radius 2 is 2.17 bits per heavy atom. The lowest BCUT2D eigenvalue weighted by molar-refractivity contribution is 0.0948. The quantitative estimate of drug-likeness (QED) is 0.782. The van der Waals surface area contributed by atoms with Crippen molar-refractivity contribution >= 4 is 5.91 Å². The fourth-order valence-electron chi connectivity index (χ4n) is 1.50. The van der Waals surface area contributed by atoms with E-state index in [2.05, 4.69) is 5.32 Å². The van der Waals surface area contributed by atoms with Gasteiger partial charge < -0.3 is 15.0 Å². The third-order valence-corrected chi connectivity index (χ3v) is 2.49. The van der Waals surface area contributed by atoms with Crippen molar-refractivity contribution in [3.63, 3.8) is 0 Å². The van der Waals surface area contributed by atoms with Gasteiger partial charge in [-0.2, -0.15) is 0 Å². The fourth-order valence-corrected chi connectivity index (χ4v) is 1.50. The number of methoxy groups -OCH3 is 1. The number of ether oxygens (including phenoxy) is 1. The Morgan fingerprint density at radius 3 is 2.72 bits per heavy atom. The topological polar surface area (TPSA) is 41.6 Å². The lowest BCUT2D eigenvalue weighted by Crippen LogP contribution is -2.27. The van der Waals surface area contributed by atoms with Crippen molar-refractivity contribution in [1.29, 1.82) is 0 Å². The van der Waals surface area contributed by atoms with Crippen molar-refractivity contribution in [2.45, 2.75) is 6.42 Å². The molecule has 1 aromatic carbocycles. The monoisotopic (exact) mass is 254 g/mol. The first-order chi connectivity index (χ1) is 8.54. The molecule has 0 aliphatic heterocycles. The van der Waals surface area contributed by atoms with E-state index in [0.29, 0.717) is 12.3 Å². The summed E-state index contributed by atoms with van der Waals surface area (Å²) >= 11 is 0. The van der Waals surface area contributed by atoms with Crippen LogP contribution in [0.5, 0.6) is 5.75 Å². The minimum absolute atomic E-state index is 0.0423. The SMILES string of the molecule is COc1ccc(C(=O)NCCCN(C)C)c(F)c1. The molecule has 0 unspecified atom stereocenters. The lowest BCUT2D eigenvalue weighted by Gasteiger charge is -2.10. The molecule has 0 spiro atoms. The van der Waals surface area contributed by atoms with Crippen LogP contribution in [0.2, 0.25) is 0 Å². The highest BCUT2D eigenvalue weighted by Gasteiger charge is 2.11. The average molecular weight is 254 g/mol. The summed E-state index contributed by atoms with van der Waals surface area (Å²) in [5.41, 5.74) is 0.0423. The van der Waals surface area contributed by atoms with Crippen molar-refractivity contribution < 1.29 is 13.9 Å². The van der Waals surface area contributed by atoms with Crippen LogP contribution in [-0.2, 0) is 0 Å². The van der Waals surface area contributed by atoms with E-state index >= 15 is 0 Å². The fraction of sp³-hybridized carbons (Fsp3) is 0.462. The molecule has 5 heteroatoms. The van der Waals surface area contributed by atoms with Gasteiger partial charge in [0.15, 0.2) is 0 Å². The summed E-state index contributed by atoms with van der Waals surface area (Å²) in [5.74, 6) is -0.565. The van der Waals surface area contributed by atoms with E-state index in [-0.39, 0.29) is 5.56 Å². The Bertz CT molecular complexity index is 408. The Kier molecular flexibility index (Phi) is 5.58. The van der Waals surface area contributed by atoms with Gasteiger partial charge in [0.2, 0.25) is 0 Å². The van der Waals surface area contributed by atoms with Gasteiger partial charge in [0.25, 0.3) is 5.91 Å². The molecule has 1 aromatic rings. The van der Waals surface area contributed by atoms with E-state index in [1.165, 1.54) is 19.2 Å². The maximum atomic E-state index is 13.6. The Labute approximate surface area is 107 Å². The maximum Gasteiger partial charge on any atom is 0.254 e. The van der Waals surface area contributed by atoms with Crippen LogP contribution in [0.25, 0.3) is 0 Å². The maximum absolute atomic E-state index is 13.6. The molecule has 0 saturated carbocycles. The van der Waals surface area contributed by atoms with Crippen LogP contribution < -0.4 is 10.1 Å². The van der Waals surface area contributed by atoms with Gasteiger partial charge in [0, 0.05) is 12.6 Å². The number of carbonyl (C=O) groups is 1. The Balaban J connectivity index is 2.51. The van der Waals surface area contributed by atoms with Crippen LogP contribution in [0.4, 0.5) is 4.39 Å². The number of rotatable bonds is 6. The minimum atomic E-state index is -0.570. The first-order valence-corrected chi connectivity index (χ1v) is 5.81. The summed E-state index contributed by atoms with van der Waals surface area (Å²) in [7, 11) is 5.38. The molecule has 0 fully saturated rings. The van der Waals surface area contributed by atoms with Crippen LogP contribution in [0.15, 0.2) is 18.2 Å². The first-order valence-electron chi connectivity index (χ1n) is 5.81. The molecule has 0 saturated heterocycles. The van der Waals surface area contributed by atoms with Gasteiger partial charge in [-0.1, -0.05) is 0 Å². The number of hydrogen-bond donors (Lipinski definition) is 1. The van der Waals surface area contributed by atoms with Gasteiger partial charge in [-0.3, -0.25) is 4.79 Å². The predicted molar refractivity (Wildman–Crippen MR) is 68.5 cm³/mol. The molecule has 0 aromatic heterocycles. The van der Waals surface area contributed by atoms with Crippen molar-refractivity contribution in [3.8, 4) is 5.75 Å². The van der Waals surface area contributed by atoms with E-state index < -0.39 is 11.7 Å². The molecule has 0 bridgehead atoms. The number of halogens is 1. The molecule has 18 heavy (non-hydrogen) atoms. The summed E-state index contributed by atoms with van der Waals surface area (Å²) in [6.45, 7) is 1.41. The van der Waals surface area contributed by atoms with Crippen LogP contribution in [0, 0.1) is 5.82 Å². The minimum Gasteiger partial charge on any atom is -0.497 e. The number of carbonyl (C=O) groups excluding carboxylic acids is 1. The molecule has 4 nitrogen and oxygen atoms in total. The normalized spacial score (nSPS) is 10.5. The number of hydrogen-bond acceptors (Lipinski definition) is 3. The molecular weight excluding hydrogens is 235 g/mol. The van der Waals surface area contributed by atoms with E-state index in [1.54, 1.807) is 6.07 Å². The lowest BCUT2D eigenvalue weighted by atomic mass is 10.2. The third kappa shape index (κ3) is 4.33. The molecule has 1 rings (SSSR count). The second-order valence-corrected chi connectivity index (χ2v) is 4.26. The molecular formula is C13H19FN2O2. The van der Waals surface area contributed by atoms with E-state index in [1.807, 2.05) is 19.0 Å². The van der Waals surface area contributed by atoms with Crippen molar-refractivity contribution in [3.05, 3.63) is 29.6 Å². The summed E-state index contributed by atoms with van der Waals surface area (Å²) < 4.78 is 18.5.